The molecule has 0 spiro atoms. The summed E-state index contributed by atoms with van der Waals surface area (Å²) >= 11 is 0. The van der Waals surface area contributed by atoms with Crippen molar-refractivity contribution < 1.29 is 4.79 Å². The molecule has 1 fully saturated rings. The minimum atomic E-state index is 0.214. The van der Waals surface area contributed by atoms with E-state index in [9.17, 15) is 4.79 Å². The van der Waals surface area contributed by atoms with Crippen molar-refractivity contribution in [3.8, 4) is 0 Å². The number of amides is 1. The second kappa shape index (κ2) is 6.94. The Hall–Kier alpha value is -2.17. The summed E-state index contributed by atoms with van der Waals surface area (Å²) in [6.07, 6.45) is 8.03. The van der Waals surface area contributed by atoms with E-state index < -0.39 is 0 Å². The van der Waals surface area contributed by atoms with Crippen molar-refractivity contribution in [1.82, 2.24) is 19.4 Å². The number of carbonyl (C=O) groups is 1. The van der Waals surface area contributed by atoms with Crippen LogP contribution in [-0.2, 0) is 17.8 Å². The van der Waals surface area contributed by atoms with Crippen molar-refractivity contribution in [2.75, 3.05) is 13.1 Å². The minimum absolute atomic E-state index is 0.214. The standard InChI is InChI=1S/C18H24N4O/c1-14-11-20-15(2)22(14)13-16-5-8-21(9-6-16)18(23)10-17-4-3-7-19-12-17/h3-4,7,11-12,16H,5-6,8-10,13H2,1-2H3. The van der Waals surface area contributed by atoms with E-state index in [0.29, 0.717) is 12.3 Å². The van der Waals surface area contributed by atoms with E-state index in [1.165, 1.54) is 5.69 Å². The van der Waals surface area contributed by atoms with Crippen LogP contribution in [0.5, 0.6) is 0 Å². The summed E-state index contributed by atoms with van der Waals surface area (Å²) in [4.78, 5) is 22.8. The Morgan fingerprint density at radius 3 is 2.65 bits per heavy atom. The van der Waals surface area contributed by atoms with Crippen LogP contribution in [0.1, 0.15) is 29.9 Å². The van der Waals surface area contributed by atoms with Gasteiger partial charge in [0.2, 0.25) is 5.91 Å². The SMILES string of the molecule is Cc1cnc(C)n1CC1CCN(C(=O)Cc2cccnc2)CC1. The van der Waals surface area contributed by atoms with Crippen LogP contribution in [-0.4, -0.2) is 38.4 Å². The molecule has 0 radical (unpaired) electrons. The normalized spacial score (nSPS) is 15.8. The highest BCUT2D eigenvalue weighted by molar-refractivity contribution is 5.78. The quantitative estimate of drug-likeness (QED) is 0.871. The van der Waals surface area contributed by atoms with Gasteiger partial charge in [0.15, 0.2) is 0 Å². The van der Waals surface area contributed by atoms with E-state index in [4.69, 9.17) is 0 Å². The molecular weight excluding hydrogens is 288 g/mol. The number of carbonyl (C=O) groups excluding carboxylic acids is 1. The summed E-state index contributed by atoms with van der Waals surface area (Å²) in [5, 5.41) is 0. The van der Waals surface area contributed by atoms with E-state index in [2.05, 4.69) is 28.4 Å². The second-order valence-electron chi connectivity index (χ2n) is 6.42. The van der Waals surface area contributed by atoms with Crippen molar-refractivity contribution in [3.05, 3.63) is 47.8 Å². The van der Waals surface area contributed by atoms with Crippen molar-refractivity contribution in [2.24, 2.45) is 5.92 Å². The molecule has 2 aromatic heterocycles. The average molecular weight is 312 g/mol. The van der Waals surface area contributed by atoms with E-state index in [1.54, 1.807) is 12.4 Å². The molecule has 0 aliphatic carbocycles. The van der Waals surface area contributed by atoms with Gasteiger partial charge in [0.25, 0.3) is 0 Å². The lowest BCUT2D eigenvalue weighted by Gasteiger charge is -2.32. The maximum Gasteiger partial charge on any atom is 0.227 e. The molecule has 0 bridgehead atoms. The zero-order valence-corrected chi connectivity index (χ0v) is 13.9. The molecule has 23 heavy (non-hydrogen) atoms. The summed E-state index contributed by atoms with van der Waals surface area (Å²) in [6, 6.07) is 3.84. The average Bonchev–Trinajstić information content (AvgIpc) is 2.88. The van der Waals surface area contributed by atoms with Gasteiger partial charge in [0.1, 0.15) is 5.82 Å². The number of aryl methyl sites for hydroxylation is 2. The fourth-order valence-electron chi connectivity index (χ4n) is 3.27. The number of rotatable bonds is 4. The number of imidazole rings is 1. The second-order valence-corrected chi connectivity index (χ2v) is 6.42. The van der Waals surface area contributed by atoms with Gasteiger partial charge in [0.05, 0.1) is 6.42 Å². The van der Waals surface area contributed by atoms with Crippen LogP contribution in [0.25, 0.3) is 0 Å². The van der Waals surface area contributed by atoms with E-state index in [0.717, 1.165) is 43.9 Å². The molecule has 0 aromatic carbocycles. The van der Waals surface area contributed by atoms with Crippen molar-refractivity contribution in [2.45, 2.75) is 39.7 Å². The lowest BCUT2D eigenvalue weighted by molar-refractivity contribution is -0.131. The fourth-order valence-corrected chi connectivity index (χ4v) is 3.27. The number of hydrogen-bond donors (Lipinski definition) is 0. The molecule has 0 saturated carbocycles. The van der Waals surface area contributed by atoms with Crippen LogP contribution in [0.4, 0.5) is 0 Å². The lowest BCUT2D eigenvalue weighted by atomic mass is 9.96. The van der Waals surface area contributed by atoms with Crippen LogP contribution < -0.4 is 0 Å². The largest absolute Gasteiger partial charge is 0.342 e. The van der Waals surface area contributed by atoms with Crippen LogP contribution in [0.3, 0.4) is 0 Å². The molecule has 2 aromatic rings. The molecule has 5 nitrogen and oxygen atoms in total. The Balaban J connectivity index is 1.51. The number of pyridine rings is 1. The molecule has 1 aliphatic heterocycles. The molecule has 1 saturated heterocycles. The van der Waals surface area contributed by atoms with Crippen molar-refractivity contribution in [3.63, 3.8) is 0 Å². The maximum absolute atomic E-state index is 12.4. The zero-order chi connectivity index (χ0) is 16.2. The molecule has 3 heterocycles. The predicted molar refractivity (Wildman–Crippen MR) is 88.9 cm³/mol. The molecule has 1 aliphatic rings. The van der Waals surface area contributed by atoms with Gasteiger partial charge in [-0.3, -0.25) is 9.78 Å². The van der Waals surface area contributed by atoms with Crippen LogP contribution in [0, 0.1) is 19.8 Å². The van der Waals surface area contributed by atoms with Gasteiger partial charge in [-0.1, -0.05) is 6.07 Å². The third-order valence-electron chi connectivity index (χ3n) is 4.74. The molecular formula is C18H24N4O. The van der Waals surface area contributed by atoms with Crippen LogP contribution >= 0.6 is 0 Å². The third-order valence-corrected chi connectivity index (χ3v) is 4.74. The van der Waals surface area contributed by atoms with Crippen molar-refractivity contribution >= 4 is 5.91 Å². The number of nitrogens with zero attached hydrogens (tertiary/aromatic N) is 4. The molecule has 122 valence electrons. The Morgan fingerprint density at radius 1 is 1.26 bits per heavy atom. The molecule has 0 N–H and O–H groups in total. The Kier molecular flexibility index (Phi) is 4.74. The predicted octanol–water partition coefficient (Wildman–Crippen LogP) is 2.38. The number of piperidine rings is 1. The van der Waals surface area contributed by atoms with Gasteiger partial charge in [0, 0.05) is 43.9 Å². The number of likely N-dealkylation sites (tertiary alicyclic amines) is 1. The first kappa shape index (κ1) is 15.7. The van der Waals surface area contributed by atoms with Gasteiger partial charge in [-0.25, -0.2) is 4.98 Å². The Bertz CT molecular complexity index is 637. The first-order chi connectivity index (χ1) is 11.1. The number of aromatic nitrogens is 3. The topological polar surface area (TPSA) is 51.0 Å². The molecule has 0 unspecified atom stereocenters. The molecule has 3 rings (SSSR count). The first-order valence-electron chi connectivity index (χ1n) is 8.29. The molecule has 1 amide bonds. The maximum atomic E-state index is 12.4. The summed E-state index contributed by atoms with van der Waals surface area (Å²) in [6.45, 7) is 6.89. The van der Waals surface area contributed by atoms with Gasteiger partial charge in [-0.15, -0.1) is 0 Å². The third kappa shape index (κ3) is 3.78. The van der Waals surface area contributed by atoms with Gasteiger partial charge < -0.3 is 9.47 Å². The molecule has 0 atom stereocenters. The summed E-state index contributed by atoms with van der Waals surface area (Å²) in [5.74, 6) is 1.92. The highest BCUT2D eigenvalue weighted by atomic mass is 16.2. The summed E-state index contributed by atoms with van der Waals surface area (Å²) < 4.78 is 2.29. The Labute approximate surface area is 137 Å². The van der Waals surface area contributed by atoms with Gasteiger partial charge in [-0.2, -0.15) is 0 Å². The summed E-state index contributed by atoms with van der Waals surface area (Å²) in [5.41, 5.74) is 2.21. The fraction of sp³-hybridized carbons (Fsp3) is 0.500. The summed E-state index contributed by atoms with van der Waals surface area (Å²) in [7, 11) is 0. The zero-order valence-electron chi connectivity index (χ0n) is 13.9. The Morgan fingerprint density at radius 2 is 2.04 bits per heavy atom. The molecule has 5 heteroatoms. The van der Waals surface area contributed by atoms with Gasteiger partial charge in [-0.05, 0) is 44.2 Å². The highest BCUT2D eigenvalue weighted by Gasteiger charge is 2.23. The van der Waals surface area contributed by atoms with Crippen LogP contribution in [0.2, 0.25) is 0 Å². The monoisotopic (exact) mass is 312 g/mol. The van der Waals surface area contributed by atoms with Gasteiger partial charge >= 0.3 is 0 Å². The van der Waals surface area contributed by atoms with E-state index in [1.807, 2.05) is 23.2 Å². The highest BCUT2D eigenvalue weighted by Crippen LogP contribution is 2.21. The van der Waals surface area contributed by atoms with Crippen molar-refractivity contribution in [1.29, 1.82) is 0 Å². The van der Waals surface area contributed by atoms with E-state index >= 15 is 0 Å². The van der Waals surface area contributed by atoms with Crippen LogP contribution in [0.15, 0.2) is 30.7 Å². The van der Waals surface area contributed by atoms with E-state index in [-0.39, 0.29) is 5.91 Å². The smallest absolute Gasteiger partial charge is 0.227 e. The minimum Gasteiger partial charge on any atom is -0.342 e. The lowest BCUT2D eigenvalue weighted by Crippen LogP contribution is -2.40. The first-order valence-corrected chi connectivity index (χ1v) is 8.29. The number of hydrogen-bond acceptors (Lipinski definition) is 3.